The zero-order valence-electron chi connectivity index (χ0n) is 12.0. The van der Waals surface area contributed by atoms with Gasteiger partial charge >= 0.3 is 5.97 Å². The van der Waals surface area contributed by atoms with Gasteiger partial charge in [-0.05, 0) is 51.8 Å². The van der Waals surface area contributed by atoms with Gasteiger partial charge in [-0.15, -0.1) is 0 Å². The lowest BCUT2D eigenvalue weighted by molar-refractivity contribution is -0.163. The number of hydrogen-bond acceptors (Lipinski definition) is 3. The van der Waals surface area contributed by atoms with Crippen LogP contribution >= 0.6 is 0 Å². The second-order valence-corrected chi connectivity index (χ2v) is 5.78. The van der Waals surface area contributed by atoms with E-state index >= 15 is 0 Å². The topological polar surface area (TPSA) is 46.5 Å². The first-order valence-electron chi connectivity index (χ1n) is 6.29. The summed E-state index contributed by atoms with van der Waals surface area (Å²) in [4.78, 5) is 11.9. The molecule has 0 spiro atoms. The first-order valence-corrected chi connectivity index (χ1v) is 6.29. The molecule has 0 aliphatic heterocycles. The average Bonchev–Trinajstić information content (AvgIpc) is 2.28. The van der Waals surface area contributed by atoms with E-state index in [2.05, 4.69) is 0 Å². The van der Waals surface area contributed by atoms with Crippen molar-refractivity contribution in [2.75, 3.05) is 0 Å². The molecule has 0 amide bonds. The summed E-state index contributed by atoms with van der Waals surface area (Å²) in [7, 11) is 0. The van der Waals surface area contributed by atoms with Gasteiger partial charge in [-0.2, -0.15) is 0 Å². The van der Waals surface area contributed by atoms with Crippen LogP contribution in [0.2, 0.25) is 0 Å². The fourth-order valence-corrected chi connectivity index (χ4v) is 1.66. The van der Waals surface area contributed by atoms with Gasteiger partial charge in [0.25, 0.3) is 0 Å². The molecule has 1 aromatic carbocycles. The number of esters is 1. The summed E-state index contributed by atoms with van der Waals surface area (Å²) in [6, 6.07) is 4.31. The number of aryl methyl sites for hydroxylation is 1. The van der Waals surface area contributed by atoms with E-state index in [1.165, 1.54) is 12.1 Å². The number of halogens is 1. The normalized spacial score (nSPS) is 14.9. The van der Waals surface area contributed by atoms with Gasteiger partial charge in [0.05, 0.1) is 12.0 Å². The highest BCUT2D eigenvalue weighted by molar-refractivity contribution is 5.73. The van der Waals surface area contributed by atoms with E-state index in [0.717, 1.165) is 0 Å². The summed E-state index contributed by atoms with van der Waals surface area (Å²) in [5.74, 6) is -1.51. The Morgan fingerprint density at radius 1 is 1.37 bits per heavy atom. The van der Waals surface area contributed by atoms with Crippen LogP contribution < -0.4 is 0 Å². The third kappa shape index (κ3) is 4.31. The molecule has 2 atom stereocenters. The first kappa shape index (κ1) is 15.6. The van der Waals surface area contributed by atoms with Gasteiger partial charge in [-0.25, -0.2) is 4.39 Å². The fourth-order valence-electron chi connectivity index (χ4n) is 1.66. The summed E-state index contributed by atoms with van der Waals surface area (Å²) in [6.45, 7) is 8.52. The summed E-state index contributed by atoms with van der Waals surface area (Å²) in [5.41, 5.74) is 0.356. The quantitative estimate of drug-likeness (QED) is 0.857. The van der Waals surface area contributed by atoms with E-state index in [1.54, 1.807) is 40.7 Å². The Morgan fingerprint density at radius 3 is 2.42 bits per heavy atom. The summed E-state index contributed by atoms with van der Waals surface area (Å²) in [5, 5.41) is 10.1. The van der Waals surface area contributed by atoms with E-state index in [4.69, 9.17) is 4.74 Å². The Labute approximate surface area is 113 Å². The largest absolute Gasteiger partial charge is 0.460 e. The molecule has 0 saturated heterocycles. The Bertz CT molecular complexity index is 463. The molecule has 0 saturated carbocycles. The van der Waals surface area contributed by atoms with Crippen LogP contribution in [-0.2, 0) is 9.53 Å². The van der Waals surface area contributed by atoms with Crippen molar-refractivity contribution >= 4 is 5.97 Å². The number of benzene rings is 1. The van der Waals surface area contributed by atoms with Crippen molar-refractivity contribution in [3.63, 3.8) is 0 Å². The van der Waals surface area contributed by atoms with Crippen LogP contribution in [-0.4, -0.2) is 16.7 Å². The SMILES string of the molecule is Cc1cc(C(O)C(C)C(=O)OC(C)(C)C)ccc1F. The van der Waals surface area contributed by atoms with Crippen molar-refractivity contribution in [3.8, 4) is 0 Å². The van der Waals surface area contributed by atoms with Crippen LogP contribution in [0.25, 0.3) is 0 Å². The molecule has 0 aromatic heterocycles. The number of aliphatic hydroxyl groups is 1. The molecule has 1 rings (SSSR count). The smallest absolute Gasteiger partial charge is 0.312 e. The van der Waals surface area contributed by atoms with Gasteiger partial charge < -0.3 is 9.84 Å². The lowest BCUT2D eigenvalue weighted by Gasteiger charge is -2.24. The van der Waals surface area contributed by atoms with Crippen LogP contribution in [0.4, 0.5) is 4.39 Å². The van der Waals surface area contributed by atoms with Gasteiger partial charge in [-0.3, -0.25) is 4.79 Å². The van der Waals surface area contributed by atoms with E-state index in [9.17, 15) is 14.3 Å². The molecule has 0 radical (unpaired) electrons. The van der Waals surface area contributed by atoms with Gasteiger partial charge in [-0.1, -0.05) is 12.1 Å². The Morgan fingerprint density at radius 2 is 1.95 bits per heavy atom. The minimum atomic E-state index is -1.01. The number of rotatable bonds is 3. The highest BCUT2D eigenvalue weighted by Gasteiger charge is 2.28. The van der Waals surface area contributed by atoms with Crippen molar-refractivity contribution in [1.82, 2.24) is 0 Å². The molecule has 1 N–H and O–H groups in total. The minimum absolute atomic E-state index is 0.333. The van der Waals surface area contributed by atoms with Crippen LogP contribution in [0.5, 0.6) is 0 Å². The molecule has 0 aliphatic rings. The molecule has 106 valence electrons. The predicted octanol–water partition coefficient (Wildman–Crippen LogP) is 3.15. The van der Waals surface area contributed by atoms with E-state index in [-0.39, 0.29) is 5.82 Å². The highest BCUT2D eigenvalue weighted by Crippen LogP contribution is 2.25. The van der Waals surface area contributed by atoms with E-state index in [1.807, 2.05) is 0 Å². The van der Waals surface area contributed by atoms with Crippen molar-refractivity contribution in [1.29, 1.82) is 0 Å². The van der Waals surface area contributed by atoms with Crippen molar-refractivity contribution < 1.29 is 19.0 Å². The third-order valence-corrected chi connectivity index (χ3v) is 2.78. The zero-order valence-corrected chi connectivity index (χ0v) is 12.0. The molecule has 0 heterocycles. The molecular weight excluding hydrogens is 247 g/mol. The predicted molar refractivity (Wildman–Crippen MR) is 71.1 cm³/mol. The number of carbonyl (C=O) groups excluding carboxylic acids is 1. The van der Waals surface area contributed by atoms with Gasteiger partial charge in [0, 0.05) is 0 Å². The molecule has 1 aromatic rings. The lowest BCUT2D eigenvalue weighted by atomic mass is 9.96. The molecule has 3 nitrogen and oxygen atoms in total. The Hall–Kier alpha value is -1.42. The number of hydrogen-bond donors (Lipinski definition) is 1. The molecule has 19 heavy (non-hydrogen) atoms. The van der Waals surface area contributed by atoms with E-state index < -0.39 is 23.6 Å². The highest BCUT2D eigenvalue weighted by atomic mass is 19.1. The minimum Gasteiger partial charge on any atom is -0.460 e. The number of aliphatic hydroxyl groups excluding tert-OH is 1. The maximum Gasteiger partial charge on any atom is 0.312 e. The maximum absolute atomic E-state index is 13.2. The zero-order chi connectivity index (χ0) is 14.8. The number of ether oxygens (including phenoxy) is 1. The molecule has 2 unspecified atom stereocenters. The molecule has 0 fully saturated rings. The van der Waals surface area contributed by atoms with Crippen molar-refractivity contribution in [3.05, 3.63) is 35.1 Å². The molecule has 4 heteroatoms. The van der Waals surface area contributed by atoms with Crippen LogP contribution in [0.15, 0.2) is 18.2 Å². The molecule has 0 aliphatic carbocycles. The Balaban J connectivity index is 2.84. The van der Waals surface area contributed by atoms with Crippen LogP contribution in [0.1, 0.15) is 44.9 Å². The van der Waals surface area contributed by atoms with Crippen LogP contribution in [0, 0.1) is 18.7 Å². The van der Waals surface area contributed by atoms with Crippen molar-refractivity contribution in [2.45, 2.75) is 46.3 Å². The molecule has 0 bridgehead atoms. The first-order chi connectivity index (χ1) is 8.61. The third-order valence-electron chi connectivity index (χ3n) is 2.78. The second-order valence-electron chi connectivity index (χ2n) is 5.78. The lowest BCUT2D eigenvalue weighted by Crippen LogP contribution is -2.30. The monoisotopic (exact) mass is 268 g/mol. The second kappa shape index (κ2) is 5.70. The summed E-state index contributed by atoms with van der Waals surface area (Å²) < 4.78 is 18.4. The molecular formula is C15H21FO3. The maximum atomic E-state index is 13.2. The van der Waals surface area contributed by atoms with Crippen molar-refractivity contribution in [2.24, 2.45) is 5.92 Å². The van der Waals surface area contributed by atoms with Gasteiger partial charge in [0.1, 0.15) is 11.4 Å². The van der Waals surface area contributed by atoms with Gasteiger partial charge in [0.2, 0.25) is 0 Å². The summed E-state index contributed by atoms with van der Waals surface area (Å²) >= 11 is 0. The van der Waals surface area contributed by atoms with Gasteiger partial charge in [0.15, 0.2) is 0 Å². The fraction of sp³-hybridized carbons (Fsp3) is 0.533. The van der Waals surface area contributed by atoms with E-state index in [0.29, 0.717) is 11.1 Å². The average molecular weight is 268 g/mol. The standard InChI is InChI=1S/C15H21FO3/c1-9-8-11(6-7-12(9)16)13(17)10(2)14(18)19-15(3,4)5/h6-8,10,13,17H,1-5H3. The van der Waals surface area contributed by atoms with Crippen LogP contribution in [0.3, 0.4) is 0 Å². The summed E-state index contributed by atoms with van der Waals surface area (Å²) in [6.07, 6.45) is -1.01. The Kier molecular flexibility index (Phi) is 4.69. The number of carbonyl (C=O) groups is 1.